The van der Waals surface area contributed by atoms with Crippen LogP contribution in [0.4, 0.5) is 0 Å². The molecule has 5 nitrogen and oxygen atoms in total. The topological polar surface area (TPSA) is 62.3 Å². The Hall–Kier alpha value is -1.91. The number of hydrogen-bond donors (Lipinski definition) is 1. The standard InChI is InChI=1S/C19H29N3O2/c1-15-7-6-8-16(21-15)13-14-20-18(23)11-12-19(24)22(2)17-9-4-3-5-10-17/h6-8,17H,3-5,9-14H2,1-2H3,(H,20,23). The van der Waals surface area contributed by atoms with E-state index in [1.165, 1.54) is 19.3 Å². The van der Waals surface area contributed by atoms with Crippen molar-refractivity contribution in [1.29, 1.82) is 0 Å². The van der Waals surface area contributed by atoms with Gasteiger partial charge in [0.1, 0.15) is 0 Å². The van der Waals surface area contributed by atoms with Crippen molar-refractivity contribution in [2.45, 2.75) is 64.3 Å². The molecule has 5 heteroatoms. The van der Waals surface area contributed by atoms with Gasteiger partial charge in [-0.25, -0.2) is 0 Å². The lowest BCUT2D eigenvalue weighted by atomic mass is 9.94. The molecule has 0 aromatic carbocycles. The molecule has 1 aromatic rings. The fourth-order valence-electron chi connectivity index (χ4n) is 3.23. The molecule has 1 aromatic heterocycles. The number of aryl methyl sites for hydroxylation is 1. The van der Waals surface area contributed by atoms with Gasteiger partial charge in [0.15, 0.2) is 0 Å². The van der Waals surface area contributed by atoms with Crippen LogP contribution in [0.15, 0.2) is 18.2 Å². The summed E-state index contributed by atoms with van der Waals surface area (Å²) in [4.78, 5) is 30.4. The van der Waals surface area contributed by atoms with Crippen molar-refractivity contribution < 1.29 is 9.59 Å². The molecule has 2 amide bonds. The summed E-state index contributed by atoms with van der Waals surface area (Å²) in [5.74, 6) is 0.0189. The van der Waals surface area contributed by atoms with Gasteiger partial charge in [-0.15, -0.1) is 0 Å². The zero-order valence-corrected chi connectivity index (χ0v) is 14.9. The van der Waals surface area contributed by atoms with Gasteiger partial charge in [-0.2, -0.15) is 0 Å². The Morgan fingerprint density at radius 3 is 2.67 bits per heavy atom. The molecule has 1 fully saturated rings. The maximum absolute atomic E-state index is 12.2. The van der Waals surface area contributed by atoms with Gasteiger partial charge in [-0.1, -0.05) is 25.3 Å². The van der Waals surface area contributed by atoms with Gasteiger partial charge in [0.2, 0.25) is 11.8 Å². The first-order valence-electron chi connectivity index (χ1n) is 9.01. The zero-order chi connectivity index (χ0) is 17.4. The van der Waals surface area contributed by atoms with Gasteiger partial charge in [0.05, 0.1) is 0 Å². The van der Waals surface area contributed by atoms with Crippen LogP contribution < -0.4 is 5.32 Å². The summed E-state index contributed by atoms with van der Waals surface area (Å²) in [6.07, 6.45) is 7.14. The summed E-state index contributed by atoms with van der Waals surface area (Å²) in [6, 6.07) is 6.25. The van der Waals surface area contributed by atoms with Gasteiger partial charge in [-0.3, -0.25) is 14.6 Å². The number of carbonyl (C=O) groups excluding carboxylic acids is 2. The SMILES string of the molecule is Cc1cccc(CCNC(=O)CCC(=O)N(C)C2CCCCC2)n1. The van der Waals surface area contributed by atoms with E-state index < -0.39 is 0 Å². The highest BCUT2D eigenvalue weighted by Gasteiger charge is 2.22. The van der Waals surface area contributed by atoms with Gasteiger partial charge in [0, 0.05) is 50.3 Å². The summed E-state index contributed by atoms with van der Waals surface area (Å²) in [6.45, 7) is 2.51. The minimum atomic E-state index is -0.0620. The third-order valence-electron chi connectivity index (χ3n) is 4.73. The second-order valence-corrected chi connectivity index (χ2v) is 6.67. The molecule has 0 unspecified atom stereocenters. The van der Waals surface area contributed by atoms with E-state index in [9.17, 15) is 9.59 Å². The van der Waals surface area contributed by atoms with Crippen LogP contribution in [0.3, 0.4) is 0 Å². The smallest absolute Gasteiger partial charge is 0.223 e. The molecule has 0 radical (unpaired) electrons. The quantitative estimate of drug-likeness (QED) is 0.835. The number of amides is 2. The fourth-order valence-corrected chi connectivity index (χ4v) is 3.23. The number of nitrogens with one attached hydrogen (secondary N) is 1. The van der Waals surface area contributed by atoms with Crippen LogP contribution in [-0.4, -0.2) is 41.3 Å². The number of hydrogen-bond acceptors (Lipinski definition) is 3. The van der Waals surface area contributed by atoms with Gasteiger partial charge in [0.25, 0.3) is 0 Å². The van der Waals surface area contributed by atoms with Crippen LogP contribution in [0.25, 0.3) is 0 Å². The molecule has 1 heterocycles. The largest absolute Gasteiger partial charge is 0.356 e. The average molecular weight is 331 g/mol. The predicted octanol–water partition coefficient (Wildman–Crippen LogP) is 2.62. The van der Waals surface area contributed by atoms with E-state index in [0.29, 0.717) is 25.4 Å². The van der Waals surface area contributed by atoms with Crippen molar-refractivity contribution in [2.24, 2.45) is 0 Å². The van der Waals surface area contributed by atoms with Crippen molar-refractivity contribution in [3.8, 4) is 0 Å². The second-order valence-electron chi connectivity index (χ2n) is 6.67. The first-order chi connectivity index (χ1) is 11.6. The van der Waals surface area contributed by atoms with Gasteiger partial charge in [-0.05, 0) is 31.9 Å². The first-order valence-corrected chi connectivity index (χ1v) is 9.01. The summed E-state index contributed by atoms with van der Waals surface area (Å²) in [7, 11) is 1.87. The van der Waals surface area contributed by atoms with Crippen LogP contribution in [0.5, 0.6) is 0 Å². The molecule has 132 valence electrons. The van der Waals surface area contributed by atoms with E-state index in [1.807, 2.05) is 37.1 Å². The summed E-state index contributed by atoms with van der Waals surface area (Å²) in [5, 5.41) is 2.87. The Morgan fingerprint density at radius 1 is 1.21 bits per heavy atom. The van der Waals surface area contributed by atoms with Crippen LogP contribution in [0.1, 0.15) is 56.3 Å². The second kappa shape index (κ2) is 9.40. The molecule has 0 atom stereocenters. The van der Waals surface area contributed by atoms with Crippen molar-refractivity contribution in [3.63, 3.8) is 0 Å². The van der Waals surface area contributed by atoms with Crippen LogP contribution in [0, 0.1) is 6.92 Å². The highest BCUT2D eigenvalue weighted by atomic mass is 16.2. The molecule has 1 N–H and O–H groups in total. The van der Waals surface area contributed by atoms with Crippen LogP contribution >= 0.6 is 0 Å². The van der Waals surface area contributed by atoms with Gasteiger partial charge >= 0.3 is 0 Å². The van der Waals surface area contributed by atoms with Crippen molar-refractivity contribution in [3.05, 3.63) is 29.6 Å². The maximum atomic E-state index is 12.2. The average Bonchev–Trinajstić information content (AvgIpc) is 2.60. The lowest BCUT2D eigenvalue weighted by Crippen LogP contribution is -2.38. The first kappa shape index (κ1) is 18.4. The lowest BCUT2D eigenvalue weighted by molar-refractivity contribution is -0.134. The predicted molar refractivity (Wildman–Crippen MR) is 94.6 cm³/mol. The number of aromatic nitrogens is 1. The highest BCUT2D eigenvalue weighted by molar-refractivity contribution is 5.83. The molecule has 1 aliphatic rings. The number of pyridine rings is 1. The molecular weight excluding hydrogens is 302 g/mol. The third kappa shape index (κ3) is 5.95. The number of rotatable bonds is 7. The van der Waals surface area contributed by atoms with E-state index in [2.05, 4.69) is 10.3 Å². The molecule has 0 bridgehead atoms. The van der Waals surface area contributed by atoms with Crippen molar-refractivity contribution in [1.82, 2.24) is 15.2 Å². The number of nitrogens with zero attached hydrogens (tertiary/aromatic N) is 2. The minimum absolute atomic E-state index is 0.0620. The molecule has 1 aliphatic carbocycles. The Balaban J connectivity index is 1.64. The van der Waals surface area contributed by atoms with Crippen LogP contribution in [0.2, 0.25) is 0 Å². The molecule has 2 rings (SSSR count). The molecule has 0 spiro atoms. The molecular formula is C19H29N3O2. The van der Waals surface area contributed by atoms with Crippen molar-refractivity contribution in [2.75, 3.05) is 13.6 Å². The normalized spacial score (nSPS) is 15.1. The summed E-state index contributed by atoms with van der Waals surface area (Å²) < 4.78 is 0. The van der Waals surface area contributed by atoms with E-state index in [0.717, 1.165) is 24.2 Å². The number of carbonyl (C=O) groups is 2. The summed E-state index contributed by atoms with van der Waals surface area (Å²) >= 11 is 0. The third-order valence-corrected chi connectivity index (χ3v) is 4.73. The van der Waals surface area contributed by atoms with E-state index >= 15 is 0 Å². The van der Waals surface area contributed by atoms with E-state index in [4.69, 9.17) is 0 Å². The Bertz CT molecular complexity index is 553. The lowest BCUT2D eigenvalue weighted by Gasteiger charge is -2.31. The molecule has 0 saturated heterocycles. The van der Waals surface area contributed by atoms with E-state index in [1.54, 1.807) is 0 Å². The highest BCUT2D eigenvalue weighted by Crippen LogP contribution is 2.22. The molecule has 0 aliphatic heterocycles. The monoisotopic (exact) mass is 331 g/mol. The Morgan fingerprint density at radius 2 is 1.96 bits per heavy atom. The zero-order valence-electron chi connectivity index (χ0n) is 14.9. The Kier molecular flexibility index (Phi) is 7.22. The van der Waals surface area contributed by atoms with Gasteiger partial charge < -0.3 is 10.2 Å². The fraction of sp³-hybridized carbons (Fsp3) is 0.632. The van der Waals surface area contributed by atoms with Crippen LogP contribution in [-0.2, 0) is 16.0 Å². The maximum Gasteiger partial charge on any atom is 0.223 e. The van der Waals surface area contributed by atoms with Crippen molar-refractivity contribution >= 4 is 11.8 Å². The molecule has 1 saturated carbocycles. The minimum Gasteiger partial charge on any atom is -0.356 e. The molecule has 24 heavy (non-hydrogen) atoms. The Labute approximate surface area is 144 Å². The van der Waals surface area contributed by atoms with E-state index in [-0.39, 0.29) is 18.2 Å². The summed E-state index contributed by atoms with van der Waals surface area (Å²) in [5.41, 5.74) is 1.96.